The van der Waals surface area contributed by atoms with Gasteiger partial charge in [-0.15, -0.1) is 12.4 Å². The Bertz CT molecular complexity index is 579. The highest BCUT2D eigenvalue weighted by Crippen LogP contribution is 2.19. The number of hydrogen-bond donors (Lipinski definition) is 1. The average Bonchev–Trinajstić information content (AvgIpc) is 2.88. The van der Waals surface area contributed by atoms with Gasteiger partial charge in [-0.25, -0.2) is 0 Å². The first kappa shape index (κ1) is 18.8. The van der Waals surface area contributed by atoms with E-state index in [1.807, 2.05) is 24.3 Å². The number of rotatable bonds is 6. The molecule has 2 aromatic carbocycles. The Morgan fingerprint density at radius 2 is 1.54 bits per heavy atom. The van der Waals surface area contributed by atoms with Gasteiger partial charge in [0.05, 0.1) is 0 Å². The minimum absolute atomic E-state index is 0. The fraction of sp³-hybridized carbons (Fsp3) is 0.429. The molecule has 0 saturated heterocycles. The molecule has 0 radical (unpaired) electrons. The first-order chi connectivity index (χ1) is 11.4. The van der Waals surface area contributed by atoms with Crippen molar-refractivity contribution in [2.24, 2.45) is 0 Å². The summed E-state index contributed by atoms with van der Waals surface area (Å²) in [6.45, 7) is 1.56. The van der Waals surface area contributed by atoms with E-state index in [4.69, 9.17) is 4.74 Å². The van der Waals surface area contributed by atoms with Crippen molar-refractivity contribution in [3.8, 4) is 5.75 Å². The Hall–Kier alpha value is -1.51. The van der Waals surface area contributed by atoms with E-state index in [-0.39, 0.29) is 12.4 Å². The van der Waals surface area contributed by atoms with Crippen LogP contribution in [-0.2, 0) is 13.2 Å². The standard InChI is InChI=1S/C21H27NO.ClH/c1-2-7-13-20(12-6-1)22-16-19-11-8-14-21(15-19)23-17-18-9-4-3-5-10-18;/h3-5,8-11,14-15,20,22H,1-2,6-7,12-13,16-17H2;1H. The van der Waals surface area contributed by atoms with Gasteiger partial charge < -0.3 is 10.1 Å². The molecule has 1 N–H and O–H groups in total. The molecule has 1 aliphatic rings. The van der Waals surface area contributed by atoms with Crippen molar-refractivity contribution in [3.63, 3.8) is 0 Å². The van der Waals surface area contributed by atoms with Crippen molar-refractivity contribution >= 4 is 12.4 Å². The SMILES string of the molecule is Cl.c1ccc(COc2cccc(CNC3CCCCCC3)c2)cc1. The van der Waals surface area contributed by atoms with Crippen LogP contribution in [0.3, 0.4) is 0 Å². The summed E-state index contributed by atoms with van der Waals surface area (Å²) in [5, 5.41) is 3.72. The summed E-state index contributed by atoms with van der Waals surface area (Å²) < 4.78 is 5.92. The molecule has 0 spiro atoms. The lowest BCUT2D eigenvalue weighted by molar-refractivity contribution is 0.305. The average molecular weight is 346 g/mol. The van der Waals surface area contributed by atoms with E-state index in [0.717, 1.165) is 12.3 Å². The van der Waals surface area contributed by atoms with Gasteiger partial charge in [-0.05, 0) is 36.1 Å². The normalized spacial score (nSPS) is 15.3. The molecule has 130 valence electrons. The third-order valence-corrected chi connectivity index (χ3v) is 4.60. The fourth-order valence-corrected chi connectivity index (χ4v) is 3.23. The minimum atomic E-state index is 0. The summed E-state index contributed by atoms with van der Waals surface area (Å²) >= 11 is 0. The number of ether oxygens (including phenoxy) is 1. The fourth-order valence-electron chi connectivity index (χ4n) is 3.23. The third kappa shape index (κ3) is 6.18. The second kappa shape index (κ2) is 10.4. The monoisotopic (exact) mass is 345 g/mol. The van der Waals surface area contributed by atoms with Crippen LogP contribution < -0.4 is 10.1 Å². The second-order valence-electron chi connectivity index (χ2n) is 6.49. The summed E-state index contributed by atoms with van der Waals surface area (Å²) in [6.07, 6.45) is 8.20. The van der Waals surface area contributed by atoms with Crippen LogP contribution in [0.1, 0.15) is 49.7 Å². The molecule has 2 nitrogen and oxygen atoms in total. The van der Waals surface area contributed by atoms with Gasteiger partial charge in [-0.1, -0.05) is 68.1 Å². The highest BCUT2D eigenvalue weighted by molar-refractivity contribution is 5.85. The van der Waals surface area contributed by atoms with Crippen molar-refractivity contribution in [1.82, 2.24) is 5.32 Å². The molecule has 0 heterocycles. The Morgan fingerprint density at radius 3 is 2.29 bits per heavy atom. The van der Waals surface area contributed by atoms with Gasteiger partial charge in [0.15, 0.2) is 0 Å². The number of nitrogens with one attached hydrogen (secondary N) is 1. The second-order valence-corrected chi connectivity index (χ2v) is 6.49. The molecule has 24 heavy (non-hydrogen) atoms. The van der Waals surface area contributed by atoms with E-state index in [0.29, 0.717) is 12.6 Å². The van der Waals surface area contributed by atoms with Crippen molar-refractivity contribution < 1.29 is 4.74 Å². The van der Waals surface area contributed by atoms with Crippen LogP contribution in [-0.4, -0.2) is 6.04 Å². The molecule has 1 aliphatic carbocycles. The van der Waals surface area contributed by atoms with Crippen molar-refractivity contribution in [3.05, 3.63) is 65.7 Å². The minimum Gasteiger partial charge on any atom is -0.489 e. The molecule has 0 bridgehead atoms. The van der Waals surface area contributed by atoms with Crippen LogP contribution in [0, 0.1) is 0 Å². The van der Waals surface area contributed by atoms with Crippen LogP contribution in [0.4, 0.5) is 0 Å². The molecule has 2 aromatic rings. The van der Waals surface area contributed by atoms with E-state index >= 15 is 0 Å². The first-order valence-corrected chi connectivity index (χ1v) is 8.89. The van der Waals surface area contributed by atoms with Crippen LogP contribution in [0.2, 0.25) is 0 Å². The van der Waals surface area contributed by atoms with Gasteiger partial charge >= 0.3 is 0 Å². The molecule has 3 rings (SSSR count). The topological polar surface area (TPSA) is 21.3 Å². The van der Waals surface area contributed by atoms with E-state index in [2.05, 4.69) is 35.6 Å². The van der Waals surface area contributed by atoms with Crippen LogP contribution in [0.5, 0.6) is 5.75 Å². The first-order valence-electron chi connectivity index (χ1n) is 8.89. The Kier molecular flexibility index (Phi) is 8.14. The molecule has 0 aromatic heterocycles. The molecular weight excluding hydrogens is 318 g/mol. The molecule has 0 atom stereocenters. The molecular formula is C21H28ClNO. The van der Waals surface area contributed by atoms with Crippen LogP contribution >= 0.6 is 12.4 Å². The summed E-state index contributed by atoms with van der Waals surface area (Å²) in [5.41, 5.74) is 2.51. The molecule has 1 saturated carbocycles. The maximum atomic E-state index is 5.92. The highest BCUT2D eigenvalue weighted by Gasteiger charge is 2.11. The maximum Gasteiger partial charge on any atom is 0.120 e. The summed E-state index contributed by atoms with van der Waals surface area (Å²) in [5.74, 6) is 0.953. The predicted molar refractivity (Wildman–Crippen MR) is 103 cm³/mol. The summed E-state index contributed by atoms with van der Waals surface area (Å²) in [4.78, 5) is 0. The lowest BCUT2D eigenvalue weighted by Gasteiger charge is -2.16. The van der Waals surface area contributed by atoms with Crippen LogP contribution in [0.25, 0.3) is 0 Å². The van der Waals surface area contributed by atoms with Crippen molar-refractivity contribution in [2.45, 2.75) is 57.7 Å². The van der Waals surface area contributed by atoms with Crippen molar-refractivity contribution in [1.29, 1.82) is 0 Å². The van der Waals surface area contributed by atoms with E-state index in [9.17, 15) is 0 Å². The number of hydrogen-bond acceptors (Lipinski definition) is 2. The summed E-state index contributed by atoms with van der Waals surface area (Å²) in [6, 6.07) is 19.5. The van der Waals surface area contributed by atoms with Gasteiger partial charge in [0.1, 0.15) is 12.4 Å². The molecule has 0 aliphatic heterocycles. The van der Waals surface area contributed by atoms with Gasteiger partial charge in [0, 0.05) is 12.6 Å². The summed E-state index contributed by atoms with van der Waals surface area (Å²) in [7, 11) is 0. The van der Waals surface area contributed by atoms with Gasteiger partial charge in [-0.3, -0.25) is 0 Å². The third-order valence-electron chi connectivity index (χ3n) is 4.60. The smallest absolute Gasteiger partial charge is 0.120 e. The lowest BCUT2D eigenvalue weighted by atomic mass is 10.1. The lowest BCUT2D eigenvalue weighted by Crippen LogP contribution is -2.27. The van der Waals surface area contributed by atoms with E-state index in [1.54, 1.807) is 0 Å². The van der Waals surface area contributed by atoms with E-state index < -0.39 is 0 Å². The molecule has 3 heteroatoms. The zero-order chi connectivity index (χ0) is 15.7. The largest absolute Gasteiger partial charge is 0.489 e. The Morgan fingerprint density at radius 1 is 0.833 bits per heavy atom. The molecule has 0 amide bonds. The van der Waals surface area contributed by atoms with Crippen LogP contribution in [0.15, 0.2) is 54.6 Å². The van der Waals surface area contributed by atoms with Gasteiger partial charge in [0.2, 0.25) is 0 Å². The molecule has 0 unspecified atom stereocenters. The van der Waals surface area contributed by atoms with Crippen molar-refractivity contribution in [2.75, 3.05) is 0 Å². The van der Waals surface area contributed by atoms with Gasteiger partial charge in [0.25, 0.3) is 0 Å². The quantitative estimate of drug-likeness (QED) is 0.698. The highest BCUT2D eigenvalue weighted by atomic mass is 35.5. The van der Waals surface area contributed by atoms with Gasteiger partial charge in [-0.2, -0.15) is 0 Å². The Labute approximate surface area is 152 Å². The maximum absolute atomic E-state index is 5.92. The van der Waals surface area contributed by atoms with E-state index in [1.165, 1.54) is 49.7 Å². The zero-order valence-corrected chi connectivity index (χ0v) is 15.1. The molecule has 1 fully saturated rings. The number of halogens is 1. The predicted octanol–water partition coefficient (Wildman–Crippen LogP) is 5.50. The zero-order valence-electron chi connectivity index (χ0n) is 14.2. The Balaban J connectivity index is 0.00000208. The number of benzene rings is 2.